The first-order chi connectivity index (χ1) is 19.2. The molecule has 3 aliphatic rings. The van der Waals surface area contributed by atoms with Gasteiger partial charge in [-0.25, -0.2) is 14.8 Å². The lowest BCUT2D eigenvalue weighted by Crippen LogP contribution is -2.37. The van der Waals surface area contributed by atoms with E-state index in [2.05, 4.69) is 59.3 Å². The number of rotatable bonds is 8. The van der Waals surface area contributed by atoms with Gasteiger partial charge in [-0.2, -0.15) is 0 Å². The topological polar surface area (TPSA) is 138 Å². The van der Waals surface area contributed by atoms with Crippen molar-refractivity contribution < 1.29 is 9.90 Å². The molecular weight excluding hydrogens is 504 g/mol. The van der Waals surface area contributed by atoms with Crippen LogP contribution >= 0.6 is 0 Å². The van der Waals surface area contributed by atoms with Gasteiger partial charge in [-0.05, 0) is 74.0 Å². The van der Waals surface area contributed by atoms with Gasteiger partial charge in [0.1, 0.15) is 11.4 Å². The Morgan fingerprint density at radius 2 is 2.00 bits per heavy atom. The number of nitrogens with zero attached hydrogens (tertiary/aromatic N) is 5. The maximum Gasteiger partial charge on any atom is 0.410 e. The van der Waals surface area contributed by atoms with Gasteiger partial charge in [-0.3, -0.25) is 20.7 Å². The minimum Gasteiger partial charge on any atom is -0.465 e. The van der Waals surface area contributed by atoms with Crippen LogP contribution in [0.3, 0.4) is 0 Å². The summed E-state index contributed by atoms with van der Waals surface area (Å²) in [6.07, 6.45) is 11.0. The molecule has 2 saturated carbocycles. The third-order valence-electron chi connectivity index (χ3n) is 8.55. The first-order valence-electron chi connectivity index (χ1n) is 14.6. The van der Waals surface area contributed by atoms with Crippen molar-refractivity contribution >= 4 is 29.4 Å². The molecule has 2 aliphatic carbocycles. The number of hydrogen-bond donors (Lipinski definition) is 4. The molecule has 1 aliphatic heterocycles. The molecule has 3 atom stereocenters. The van der Waals surface area contributed by atoms with Crippen molar-refractivity contribution in [3.63, 3.8) is 0 Å². The molecule has 0 radical (unpaired) electrons. The van der Waals surface area contributed by atoms with E-state index in [4.69, 9.17) is 20.5 Å². The zero-order valence-corrected chi connectivity index (χ0v) is 24.4. The Morgan fingerprint density at radius 3 is 2.60 bits per heavy atom. The van der Waals surface area contributed by atoms with Crippen molar-refractivity contribution in [1.82, 2.24) is 20.5 Å². The van der Waals surface area contributed by atoms with E-state index < -0.39 is 11.9 Å². The summed E-state index contributed by atoms with van der Waals surface area (Å²) >= 11 is 0. The van der Waals surface area contributed by atoms with Gasteiger partial charge in [0.15, 0.2) is 23.3 Å². The number of nitrogens with one attached hydrogen (secondary N) is 3. The highest BCUT2D eigenvalue weighted by Gasteiger charge is 2.35. The highest BCUT2D eigenvalue weighted by atomic mass is 16.4. The molecule has 1 aromatic rings. The minimum atomic E-state index is -1.34. The number of aromatic nitrogens is 1. The Balaban J connectivity index is 1.77. The Kier molecular flexibility index (Phi) is 9.71. The van der Waals surface area contributed by atoms with Gasteiger partial charge >= 0.3 is 6.09 Å². The smallest absolute Gasteiger partial charge is 0.410 e. The van der Waals surface area contributed by atoms with E-state index in [-0.39, 0.29) is 5.84 Å². The molecule has 0 aromatic carbocycles. The third-order valence-corrected chi connectivity index (χ3v) is 8.55. The van der Waals surface area contributed by atoms with Gasteiger partial charge in [0.05, 0.1) is 0 Å². The first-order valence-corrected chi connectivity index (χ1v) is 14.6. The molecule has 4 rings (SSSR count). The van der Waals surface area contributed by atoms with Crippen LogP contribution in [0, 0.1) is 23.2 Å². The fraction of sp³-hybridized carbons (Fsp3) is 0.600. The SMILES string of the molecule is CCC1CCC(CN2C(c3cc(C(C)C)ccn3)=NC(=N/C(=N\C)C(=N)NC(=O)O)/C2=C/N[C@H](C)C2CCC2)C1. The van der Waals surface area contributed by atoms with Gasteiger partial charge in [0.25, 0.3) is 0 Å². The highest BCUT2D eigenvalue weighted by molar-refractivity contribution is 6.43. The van der Waals surface area contributed by atoms with E-state index >= 15 is 0 Å². The summed E-state index contributed by atoms with van der Waals surface area (Å²) in [6.45, 7) is 9.58. The lowest BCUT2D eigenvalue weighted by atomic mass is 9.80. The number of amides is 1. The van der Waals surface area contributed by atoms with Crippen LogP contribution in [0.5, 0.6) is 0 Å². The van der Waals surface area contributed by atoms with Gasteiger partial charge in [0.2, 0.25) is 0 Å². The molecule has 2 fully saturated rings. The molecule has 4 N–H and O–H groups in total. The van der Waals surface area contributed by atoms with Crippen LogP contribution in [-0.4, -0.2) is 64.1 Å². The van der Waals surface area contributed by atoms with E-state index in [0.717, 1.165) is 29.7 Å². The number of carbonyl (C=O) groups is 1. The van der Waals surface area contributed by atoms with Gasteiger partial charge < -0.3 is 15.3 Å². The summed E-state index contributed by atoms with van der Waals surface area (Å²) in [4.78, 5) is 31.8. The molecule has 10 nitrogen and oxygen atoms in total. The van der Waals surface area contributed by atoms with E-state index in [1.165, 1.54) is 57.6 Å². The predicted octanol–water partition coefficient (Wildman–Crippen LogP) is 5.38. The quantitative estimate of drug-likeness (QED) is 0.255. The van der Waals surface area contributed by atoms with Crippen LogP contribution in [0.15, 0.2) is 45.2 Å². The molecule has 1 amide bonds. The maximum absolute atomic E-state index is 11.2. The van der Waals surface area contributed by atoms with Crippen molar-refractivity contribution in [3.8, 4) is 0 Å². The second kappa shape index (κ2) is 13.2. The number of hydrogen-bond acceptors (Lipinski definition) is 6. The molecule has 216 valence electrons. The summed E-state index contributed by atoms with van der Waals surface area (Å²) in [5.74, 6) is 2.92. The van der Waals surface area contributed by atoms with Gasteiger partial charge in [0, 0.05) is 32.0 Å². The standard InChI is InChI=1S/C30H44N8O2/c1-6-20-10-11-21(14-20)17-38-25(16-34-19(4)22-8-7-9-22)27(36-28(32-5)26(31)35-30(39)40)37-29(38)24-15-23(18(2)3)12-13-33-24/h12-13,15-16,18-22,34H,6-11,14,17H2,1-5H3,(H2,31,35)(H,39,40)/b25-16-,32-28-,36-27+/t19-,20?,21?/m1/s1. The van der Waals surface area contributed by atoms with Gasteiger partial charge in [-0.15, -0.1) is 0 Å². The number of carboxylic acid groups (broad SMARTS) is 1. The fourth-order valence-electron chi connectivity index (χ4n) is 5.73. The summed E-state index contributed by atoms with van der Waals surface area (Å²) in [5, 5.41) is 23.0. The lowest BCUT2D eigenvalue weighted by Gasteiger charge is -2.32. The molecule has 0 saturated heterocycles. The molecule has 1 aromatic heterocycles. The lowest BCUT2D eigenvalue weighted by molar-refractivity contribution is 0.200. The van der Waals surface area contributed by atoms with E-state index in [0.29, 0.717) is 29.6 Å². The molecule has 0 spiro atoms. The first kappa shape index (κ1) is 29.4. The van der Waals surface area contributed by atoms with Crippen molar-refractivity contribution in [2.75, 3.05) is 13.6 Å². The van der Waals surface area contributed by atoms with Crippen LogP contribution < -0.4 is 10.6 Å². The second-order valence-corrected chi connectivity index (χ2v) is 11.6. The summed E-state index contributed by atoms with van der Waals surface area (Å²) in [7, 11) is 1.49. The normalized spacial score (nSPS) is 24.4. The molecule has 10 heteroatoms. The Bertz CT molecular complexity index is 1210. The number of aliphatic imine (C=N–C) groups is 3. The highest BCUT2D eigenvalue weighted by Crippen LogP contribution is 2.36. The minimum absolute atomic E-state index is 0.0314. The predicted molar refractivity (Wildman–Crippen MR) is 160 cm³/mol. The monoisotopic (exact) mass is 548 g/mol. The van der Waals surface area contributed by atoms with E-state index in [1.807, 2.05) is 18.5 Å². The largest absolute Gasteiger partial charge is 0.465 e. The van der Waals surface area contributed by atoms with Crippen LogP contribution in [0.2, 0.25) is 0 Å². The van der Waals surface area contributed by atoms with Crippen molar-refractivity contribution in [1.29, 1.82) is 5.41 Å². The summed E-state index contributed by atoms with van der Waals surface area (Å²) < 4.78 is 0. The average molecular weight is 549 g/mol. The Hall–Kier alpha value is -3.56. The third kappa shape index (κ3) is 6.95. The van der Waals surface area contributed by atoms with E-state index in [1.54, 1.807) is 0 Å². The Morgan fingerprint density at radius 1 is 1.25 bits per heavy atom. The van der Waals surface area contributed by atoms with Crippen molar-refractivity contribution in [2.45, 2.75) is 84.6 Å². The molecule has 2 heterocycles. The zero-order chi connectivity index (χ0) is 28.8. The molecule has 2 unspecified atom stereocenters. The van der Waals surface area contributed by atoms with Gasteiger partial charge in [-0.1, -0.05) is 40.0 Å². The number of amidine groups is 4. The average Bonchev–Trinajstić information content (AvgIpc) is 3.49. The van der Waals surface area contributed by atoms with Crippen molar-refractivity contribution in [2.24, 2.45) is 32.7 Å². The van der Waals surface area contributed by atoms with Crippen molar-refractivity contribution in [3.05, 3.63) is 41.5 Å². The Labute approximate surface area is 237 Å². The van der Waals surface area contributed by atoms with Crippen LogP contribution in [-0.2, 0) is 0 Å². The second-order valence-electron chi connectivity index (χ2n) is 11.6. The van der Waals surface area contributed by atoms with Crippen LogP contribution in [0.1, 0.15) is 89.8 Å². The fourth-order valence-corrected chi connectivity index (χ4v) is 5.73. The summed E-state index contributed by atoms with van der Waals surface area (Å²) in [6, 6.07) is 4.43. The molecular formula is C30H44N8O2. The van der Waals surface area contributed by atoms with Crippen LogP contribution in [0.4, 0.5) is 4.79 Å². The summed E-state index contributed by atoms with van der Waals surface area (Å²) in [5.41, 5.74) is 2.74. The van der Waals surface area contributed by atoms with Crippen LogP contribution in [0.25, 0.3) is 0 Å². The zero-order valence-electron chi connectivity index (χ0n) is 24.4. The number of pyridine rings is 1. The maximum atomic E-state index is 11.2. The molecule has 40 heavy (non-hydrogen) atoms. The van der Waals surface area contributed by atoms with E-state index in [9.17, 15) is 4.79 Å². The molecule has 0 bridgehead atoms.